The zero-order valence-corrected chi connectivity index (χ0v) is 11.8. The summed E-state index contributed by atoms with van der Waals surface area (Å²) in [6.45, 7) is 0. The highest BCUT2D eigenvalue weighted by molar-refractivity contribution is 6.33. The minimum Gasteiger partial charge on any atom is -0.397 e. The molecule has 108 valence electrons. The number of nitrogen functional groups attached to an aromatic ring is 1. The van der Waals surface area contributed by atoms with Gasteiger partial charge in [0, 0.05) is 12.1 Å². The number of nitrogens with two attached hydrogens (primary N) is 1. The van der Waals surface area contributed by atoms with Crippen LogP contribution in [0, 0.1) is 5.82 Å². The standard InChI is InChI=1S/C15H13ClFN3O/c16-9-2-1-3-10(17)15(9)20-13-6-8-4-5-14(21)19-12(8)7-11(13)18/h1-3,6-7,20H,4-5,18H2,(H,19,21). The van der Waals surface area contributed by atoms with Gasteiger partial charge in [0.15, 0.2) is 0 Å². The summed E-state index contributed by atoms with van der Waals surface area (Å²) in [5, 5.41) is 5.97. The van der Waals surface area contributed by atoms with Crippen molar-refractivity contribution >= 4 is 40.3 Å². The molecule has 0 atom stereocenters. The van der Waals surface area contributed by atoms with Crippen LogP contribution in [0.4, 0.5) is 27.1 Å². The second-order valence-corrected chi connectivity index (χ2v) is 5.27. The van der Waals surface area contributed by atoms with Gasteiger partial charge >= 0.3 is 0 Å². The highest BCUT2D eigenvalue weighted by atomic mass is 35.5. The number of fused-ring (bicyclic) bond motifs is 1. The van der Waals surface area contributed by atoms with Crippen molar-refractivity contribution in [3.05, 3.63) is 46.7 Å². The molecule has 0 fully saturated rings. The molecule has 2 aromatic carbocycles. The van der Waals surface area contributed by atoms with Gasteiger partial charge in [-0.25, -0.2) is 4.39 Å². The molecule has 21 heavy (non-hydrogen) atoms. The Morgan fingerprint density at radius 1 is 1.29 bits per heavy atom. The highest BCUT2D eigenvalue weighted by Crippen LogP contribution is 2.35. The summed E-state index contributed by atoms with van der Waals surface area (Å²) in [6, 6.07) is 7.94. The number of para-hydroxylation sites is 1. The molecule has 4 nitrogen and oxygen atoms in total. The number of anilines is 4. The Bertz CT molecular complexity index is 713. The molecular formula is C15H13ClFN3O. The first-order chi connectivity index (χ1) is 10.0. The first-order valence-corrected chi connectivity index (χ1v) is 6.85. The van der Waals surface area contributed by atoms with E-state index in [9.17, 15) is 9.18 Å². The fraction of sp³-hybridized carbons (Fsp3) is 0.133. The summed E-state index contributed by atoms with van der Waals surface area (Å²) in [4.78, 5) is 11.4. The number of hydrogen-bond donors (Lipinski definition) is 3. The number of aryl methyl sites for hydroxylation is 1. The fourth-order valence-electron chi connectivity index (χ4n) is 2.31. The lowest BCUT2D eigenvalue weighted by molar-refractivity contribution is -0.116. The van der Waals surface area contributed by atoms with Crippen molar-refractivity contribution in [2.24, 2.45) is 0 Å². The number of carbonyl (C=O) groups excluding carboxylic acids is 1. The van der Waals surface area contributed by atoms with Gasteiger partial charge in [-0.05, 0) is 36.2 Å². The summed E-state index contributed by atoms with van der Waals surface area (Å²) < 4.78 is 13.8. The lowest BCUT2D eigenvalue weighted by Gasteiger charge is -2.20. The predicted molar refractivity (Wildman–Crippen MR) is 82.5 cm³/mol. The summed E-state index contributed by atoms with van der Waals surface area (Å²) in [6.07, 6.45) is 1.05. The molecule has 1 aliphatic rings. The number of hydrogen-bond acceptors (Lipinski definition) is 3. The molecule has 0 radical (unpaired) electrons. The quantitative estimate of drug-likeness (QED) is 0.741. The van der Waals surface area contributed by atoms with Crippen LogP contribution in [0.1, 0.15) is 12.0 Å². The molecule has 0 saturated carbocycles. The van der Waals surface area contributed by atoms with Gasteiger partial charge in [-0.3, -0.25) is 4.79 Å². The SMILES string of the molecule is Nc1cc2c(cc1Nc1c(F)cccc1Cl)CCC(=O)N2. The molecule has 1 amide bonds. The number of halogens is 2. The molecule has 0 aliphatic carbocycles. The first kappa shape index (κ1) is 13.7. The van der Waals surface area contributed by atoms with Gasteiger partial charge in [0.2, 0.25) is 5.91 Å². The topological polar surface area (TPSA) is 67.1 Å². The smallest absolute Gasteiger partial charge is 0.224 e. The van der Waals surface area contributed by atoms with Crippen LogP contribution in [-0.2, 0) is 11.2 Å². The van der Waals surface area contributed by atoms with E-state index in [2.05, 4.69) is 10.6 Å². The summed E-state index contributed by atoms with van der Waals surface area (Å²) in [5.41, 5.74) is 8.78. The normalized spacial score (nSPS) is 13.5. The molecule has 4 N–H and O–H groups in total. The Balaban J connectivity index is 1.98. The monoisotopic (exact) mass is 305 g/mol. The van der Waals surface area contributed by atoms with Gasteiger partial charge in [0.25, 0.3) is 0 Å². The maximum Gasteiger partial charge on any atom is 0.224 e. The summed E-state index contributed by atoms with van der Waals surface area (Å²) >= 11 is 5.99. The van der Waals surface area contributed by atoms with Crippen LogP contribution < -0.4 is 16.4 Å². The molecule has 0 saturated heterocycles. The Morgan fingerprint density at radius 3 is 2.86 bits per heavy atom. The van der Waals surface area contributed by atoms with Crippen molar-refractivity contribution in [3.63, 3.8) is 0 Å². The van der Waals surface area contributed by atoms with E-state index in [0.29, 0.717) is 29.9 Å². The average Bonchev–Trinajstić information content (AvgIpc) is 2.43. The summed E-state index contributed by atoms with van der Waals surface area (Å²) in [5.74, 6) is -0.479. The molecule has 6 heteroatoms. The predicted octanol–water partition coefficient (Wildman–Crippen LogP) is 3.69. The second kappa shape index (κ2) is 5.26. The number of rotatable bonds is 2. The van der Waals surface area contributed by atoms with Crippen molar-refractivity contribution in [1.29, 1.82) is 0 Å². The Kier molecular flexibility index (Phi) is 3.43. The van der Waals surface area contributed by atoms with Crippen LogP contribution >= 0.6 is 11.6 Å². The van der Waals surface area contributed by atoms with E-state index in [0.717, 1.165) is 5.56 Å². The third-order valence-electron chi connectivity index (χ3n) is 3.39. The zero-order chi connectivity index (χ0) is 15.0. The van der Waals surface area contributed by atoms with E-state index < -0.39 is 5.82 Å². The van der Waals surface area contributed by atoms with E-state index in [-0.39, 0.29) is 16.6 Å². The van der Waals surface area contributed by atoms with Crippen molar-refractivity contribution in [1.82, 2.24) is 0 Å². The molecule has 0 aromatic heterocycles. The Hall–Kier alpha value is -2.27. The van der Waals surface area contributed by atoms with E-state index >= 15 is 0 Å². The van der Waals surface area contributed by atoms with Crippen LogP contribution in [0.5, 0.6) is 0 Å². The number of amides is 1. The van der Waals surface area contributed by atoms with Crippen molar-refractivity contribution in [3.8, 4) is 0 Å². The van der Waals surface area contributed by atoms with Gasteiger partial charge in [-0.2, -0.15) is 0 Å². The van der Waals surface area contributed by atoms with Crippen LogP contribution in [0.2, 0.25) is 5.02 Å². The second-order valence-electron chi connectivity index (χ2n) is 4.87. The van der Waals surface area contributed by atoms with E-state index in [1.165, 1.54) is 12.1 Å². The summed E-state index contributed by atoms with van der Waals surface area (Å²) in [7, 11) is 0. The first-order valence-electron chi connectivity index (χ1n) is 6.48. The lowest BCUT2D eigenvalue weighted by Crippen LogP contribution is -2.19. The molecule has 1 aliphatic heterocycles. The number of carbonyl (C=O) groups is 1. The van der Waals surface area contributed by atoms with Crippen LogP contribution in [0.15, 0.2) is 30.3 Å². The average molecular weight is 306 g/mol. The molecule has 1 heterocycles. The molecule has 0 unspecified atom stereocenters. The highest BCUT2D eigenvalue weighted by Gasteiger charge is 2.17. The minimum absolute atomic E-state index is 0.0280. The number of nitrogens with one attached hydrogen (secondary N) is 2. The molecule has 2 aromatic rings. The Morgan fingerprint density at radius 2 is 2.10 bits per heavy atom. The molecule has 0 spiro atoms. The lowest BCUT2D eigenvalue weighted by atomic mass is 10.0. The number of benzene rings is 2. The third kappa shape index (κ3) is 2.64. The van der Waals surface area contributed by atoms with Gasteiger partial charge in [0.05, 0.1) is 22.1 Å². The van der Waals surface area contributed by atoms with Crippen molar-refractivity contribution in [2.45, 2.75) is 12.8 Å². The van der Waals surface area contributed by atoms with Crippen LogP contribution in [-0.4, -0.2) is 5.91 Å². The van der Waals surface area contributed by atoms with Gasteiger partial charge in [-0.1, -0.05) is 17.7 Å². The van der Waals surface area contributed by atoms with Gasteiger partial charge in [0.1, 0.15) is 5.82 Å². The largest absolute Gasteiger partial charge is 0.397 e. The maximum atomic E-state index is 13.8. The van der Waals surface area contributed by atoms with Gasteiger partial charge < -0.3 is 16.4 Å². The minimum atomic E-state index is -0.451. The third-order valence-corrected chi connectivity index (χ3v) is 3.71. The zero-order valence-electron chi connectivity index (χ0n) is 11.0. The van der Waals surface area contributed by atoms with Crippen molar-refractivity contribution < 1.29 is 9.18 Å². The van der Waals surface area contributed by atoms with Crippen molar-refractivity contribution in [2.75, 3.05) is 16.4 Å². The van der Waals surface area contributed by atoms with Crippen LogP contribution in [0.3, 0.4) is 0 Å². The van der Waals surface area contributed by atoms with Crippen LogP contribution in [0.25, 0.3) is 0 Å². The fourth-order valence-corrected chi connectivity index (χ4v) is 2.52. The van der Waals surface area contributed by atoms with E-state index in [1.807, 2.05) is 6.07 Å². The molecule has 3 rings (SSSR count). The van der Waals surface area contributed by atoms with E-state index in [4.69, 9.17) is 17.3 Å². The molecular weight excluding hydrogens is 293 g/mol. The van der Waals surface area contributed by atoms with Gasteiger partial charge in [-0.15, -0.1) is 0 Å². The molecule has 0 bridgehead atoms. The van der Waals surface area contributed by atoms with E-state index in [1.54, 1.807) is 12.1 Å². The maximum absolute atomic E-state index is 13.8. The Labute approximate surface area is 126 Å².